The molecule has 1 fully saturated rings. The first kappa shape index (κ1) is 20.6. The van der Waals surface area contributed by atoms with E-state index in [1.54, 1.807) is 17.9 Å². The lowest BCUT2D eigenvalue weighted by atomic mass is 10.1. The van der Waals surface area contributed by atoms with Crippen LogP contribution in [0.15, 0.2) is 30.5 Å². The summed E-state index contributed by atoms with van der Waals surface area (Å²) >= 11 is 0. The number of anilines is 3. The van der Waals surface area contributed by atoms with E-state index in [1.807, 2.05) is 13.0 Å². The molecular weight excluding hydrogens is 409 g/mol. The summed E-state index contributed by atoms with van der Waals surface area (Å²) in [4.78, 5) is 2.37. The van der Waals surface area contributed by atoms with Crippen molar-refractivity contribution < 1.29 is 9.13 Å². The van der Waals surface area contributed by atoms with Crippen molar-refractivity contribution in [1.82, 2.24) is 25.3 Å². The third kappa shape index (κ3) is 3.73. The maximum absolute atomic E-state index is 14.5. The molecule has 4 aromatic rings. The molecule has 32 heavy (non-hydrogen) atoms. The minimum atomic E-state index is -0.375. The van der Waals surface area contributed by atoms with Crippen LogP contribution in [0.5, 0.6) is 5.75 Å². The number of rotatable bonds is 5. The van der Waals surface area contributed by atoms with E-state index < -0.39 is 0 Å². The molecule has 1 saturated heterocycles. The number of aryl methyl sites for hydroxylation is 1. The van der Waals surface area contributed by atoms with Gasteiger partial charge in [-0.25, -0.2) is 4.39 Å². The van der Waals surface area contributed by atoms with E-state index in [9.17, 15) is 4.39 Å². The van der Waals surface area contributed by atoms with Gasteiger partial charge in [0.05, 0.1) is 17.5 Å². The highest BCUT2D eigenvalue weighted by atomic mass is 19.1. The van der Waals surface area contributed by atoms with Crippen LogP contribution >= 0.6 is 0 Å². The maximum atomic E-state index is 14.5. The molecule has 1 aliphatic heterocycles. The van der Waals surface area contributed by atoms with E-state index in [0.29, 0.717) is 35.7 Å². The van der Waals surface area contributed by atoms with E-state index in [2.05, 4.69) is 56.8 Å². The molecule has 0 saturated carbocycles. The molecule has 9 heteroatoms. The Morgan fingerprint density at radius 2 is 1.97 bits per heavy atom. The van der Waals surface area contributed by atoms with E-state index in [-0.39, 0.29) is 5.82 Å². The number of ether oxygens (including phenoxy) is 1. The van der Waals surface area contributed by atoms with Crippen molar-refractivity contribution in [3.63, 3.8) is 0 Å². The molecule has 1 aliphatic rings. The van der Waals surface area contributed by atoms with Crippen LogP contribution in [-0.2, 0) is 7.05 Å². The monoisotopic (exact) mass is 437 g/mol. The summed E-state index contributed by atoms with van der Waals surface area (Å²) in [5, 5.41) is 20.2. The third-order valence-electron chi connectivity index (χ3n) is 5.77. The lowest BCUT2D eigenvalue weighted by Gasteiger charge is -2.37. The molecule has 0 bridgehead atoms. The number of halogens is 1. The number of fused-ring (bicyclic) bond motifs is 2. The Bertz CT molecular complexity index is 1270. The lowest BCUT2D eigenvalue weighted by molar-refractivity contribution is 0.344. The second-order valence-electron chi connectivity index (χ2n) is 8.57. The molecule has 0 radical (unpaired) electrons. The normalized spacial score (nSPS) is 19.1. The molecule has 0 amide bonds. The Balaban J connectivity index is 1.53. The van der Waals surface area contributed by atoms with E-state index in [1.165, 1.54) is 6.07 Å². The Morgan fingerprint density at radius 3 is 2.72 bits per heavy atom. The fraction of sp³-hybridized carbons (Fsp3) is 0.391. The van der Waals surface area contributed by atoms with Crippen molar-refractivity contribution in [3.05, 3.63) is 36.3 Å². The van der Waals surface area contributed by atoms with Crippen LogP contribution in [0.2, 0.25) is 0 Å². The predicted molar refractivity (Wildman–Crippen MR) is 125 cm³/mol. The van der Waals surface area contributed by atoms with Crippen molar-refractivity contribution in [1.29, 1.82) is 0 Å². The number of piperazine rings is 1. The predicted octanol–water partition coefficient (Wildman–Crippen LogP) is 3.92. The Hall–Kier alpha value is -3.33. The van der Waals surface area contributed by atoms with Crippen LogP contribution in [0.1, 0.15) is 20.8 Å². The van der Waals surface area contributed by atoms with Crippen LogP contribution < -0.4 is 20.3 Å². The highest BCUT2D eigenvalue weighted by molar-refractivity contribution is 5.99. The second-order valence-corrected chi connectivity index (χ2v) is 8.57. The minimum absolute atomic E-state index is 0.351. The molecule has 2 aromatic heterocycles. The number of nitrogens with zero attached hydrogens (tertiary/aromatic N) is 4. The van der Waals surface area contributed by atoms with Crippen molar-refractivity contribution in [2.45, 2.75) is 32.9 Å². The summed E-state index contributed by atoms with van der Waals surface area (Å²) in [5.41, 5.74) is 2.92. The molecular formula is C23H28FN7O. The number of aromatic nitrogens is 4. The zero-order valence-corrected chi connectivity index (χ0v) is 18.7. The van der Waals surface area contributed by atoms with E-state index in [0.717, 1.165) is 40.8 Å². The van der Waals surface area contributed by atoms with Gasteiger partial charge in [-0.05, 0) is 39.0 Å². The zero-order chi connectivity index (χ0) is 22.4. The van der Waals surface area contributed by atoms with Gasteiger partial charge in [-0.3, -0.25) is 9.78 Å². The lowest BCUT2D eigenvalue weighted by Crippen LogP contribution is -2.54. The topological polar surface area (TPSA) is 83.0 Å². The number of hydrogen-bond donors (Lipinski definition) is 3. The van der Waals surface area contributed by atoms with Crippen LogP contribution in [0, 0.1) is 5.82 Å². The molecule has 2 atom stereocenters. The van der Waals surface area contributed by atoms with Gasteiger partial charge in [-0.2, -0.15) is 10.2 Å². The molecule has 0 aliphatic carbocycles. The van der Waals surface area contributed by atoms with E-state index in [4.69, 9.17) is 4.74 Å². The smallest absolute Gasteiger partial charge is 0.163 e. The Kier molecular flexibility index (Phi) is 5.13. The molecule has 168 valence electrons. The van der Waals surface area contributed by atoms with Crippen LogP contribution in [0.3, 0.4) is 0 Å². The van der Waals surface area contributed by atoms with Gasteiger partial charge < -0.3 is 20.3 Å². The SMILES string of the molecule is CCOc1cc(N2C[C@@H](C)N[C@@H](C)C2)cc2[nH]nc(Nc3cc(F)c4nn(C)cc4c3)c12. The molecule has 8 nitrogen and oxygen atoms in total. The average Bonchev–Trinajstić information content (AvgIpc) is 3.31. The summed E-state index contributed by atoms with van der Waals surface area (Å²) in [5.74, 6) is 0.970. The van der Waals surface area contributed by atoms with Gasteiger partial charge >= 0.3 is 0 Å². The minimum Gasteiger partial charge on any atom is -0.493 e. The maximum Gasteiger partial charge on any atom is 0.163 e. The van der Waals surface area contributed by atoms with Crippen LogP contribution in [0.4, 0.5) is 21.6 Å². The fourth-order valence-corrected chi connectivity index (χ4v) is 4.61. The molecule has 3 N–H and O–H groups in total. The number of hydrogen-bond acceptors (Lipinski definition) is 6. The Labute approximate surface area is 185 Å². The molecule has 0 unspecified atom stereocenters. The van der Waals surface area contributed by atoms with Crippen molar-refractivity contribution >= 4 is 39.0 Å². The third-order valence-corrected chi connectivity index (χ3v) is 5.77. The van der Waals surface area contributed by atoms with Crippen LogP contribution in [0.25, 0.3) is 21.8 Å². The summed E-state index contributed by atoms with van der Waals surface area (Å²) in [6, 6.07) is 8.29. The molecule has 0 spiro atoms. The quantitative estimate of drug-likeness (QED) is 0.439. The standard InChI is InChI=1S/C23H28FN7O/c1-5-32-20-9-17(31-10-13(2)25-14(3)11-31)8-19-21(20)23(28-27-19)26-16-6-15-12-30(4)29-22(15)18(24)7-16/h6-9,12-14,25H,5,10-11H2,1-4H3,(H2,26,27,28)/t13-,14+. The summed E-state index contributed by atoms with van der Waals surface area (Å²) in [6.45, 7) is 8.73. The fourth-order valence-electron chi connectivity index (χ4n) is 4.61. The van der Waals surface area contributed by atoms with E-state index >= 15 is 0 Å². The van der Waals surface area contributed by atoms with Gasteiger partial charge in [0.15, 0.2) is 11.6 Å². The number of benzene rings is 2. The van der Waals surface area contributed by atoms with Gasteiger partial charge in [-0.1, -0.05) is 0 Å². The highest BCUT2D eigenvalue weighted by Crippen LogP contribution is 2.37. The molecule has 5 rings (SSSR count). The van der Waals surface area contributed by atoms with Gasteiger partial charge in [0.2, 0.25) is 0 Å². The number of H-pyrrole nitrogens is 1. The van der Waals surface area contributed by atoms with Crippen molar-refractivity contribution in [3.8, 4) is 5.75 Å². The highest BCUT2D eigenvalue weighted by Gasteiger charge is 2.23. The van der Waals surface area contributed by atoms with Gasteiger partial charge in [-0.15, -0.1) is 0 Å². The first-order valence-electron chi connectivity index (χ1n) is 11.0. The molecule has 2 aromatic carbocycles. The first-order valence-corrected chi connectivity index (χ1v) is 11.0. The van der Waals surface area contributed by atoms with Crippen molar-refractivity contribution in [2.75, 3.05) is 29.9 Å². The van der Waals surface area contributed by atoms with Gasteiger partial charge in [0, 0.05) is 61.2 Å². The first-order chi connectivity index (χ1) is 15.4. The zero-order valence-electron chi connectivity index (χ0n) is 18.7. The summed E-state index contributed by atoms with van der Waals surface area (Å²) < 4.78 is 22.2. The van der Waals surface area contributed by atoms with Gasteiger partial charge in [0.25, 0.3) is 0 Å². The Morgan fingerprint density at radius 1 is 1.19 bits per heavy atom. The van der Waals surface area contributed by atoms with Crippen LogP contribution in [-0.4, -0.2) is 51.8 Å². The number of nitrogens with one attached hydrogen (secondary N) is 3. The van der Waals surface area contributed by atoms with Gasteiger partial charge in [0.1, 0.15) is 11.3 Å². The number of aromatic amines is 1. The molecule has 3 heterocycles. The second kappa shape index (κ2) is 7.98. The average molecular weight is 438 g/mol. The summed E-state index contributed by atoms with van der Waals surface area (Å²) in [7, 11) is 1.78. The summed E-state index contributed by atoms with van der Waals surface area (Å²) in [6.07, 6.45) is 1.79. The van der Waals surface area contributed by atoms with Crippen molar-refractivity contribution in [2.24, 2.45) is 7.05 Å². The largest absolute Gasteiger partial charge is 0.493 e.